The maximum absolute atomic E-state index is 12.7. The fourth-order valence-corrected chi connectivity index (χ4v) is 3.50. The average Bonchev–Trinajstić information content (AvgIpc) is 3.24. The molecule has 7 heteroatoms. The zero-order valence-corrected chi connectivity index (χ0v) is 16.1. The first kappa shape index (κ1) is 18.5. The normalized spacial score (nSPS) is 11.0. The van der Waals surface area contributed by atoms with Gasteiger partial charge in [0, 0.05) is 23.1 Å². The quantitative estimate of drug-likeness (QED) is 0.298. The summed E-state index contributed by atoms with van der Waals surface area (Å²) in [5, 5.41) is 15.8. The number of hydrogen-bond donors (Lipinski definition) is 1. The van der Waals surface area contributed by atoms with E-state index in [2.05, 4.69) is 10.3 Å². The summed E-state index contributed by atoms with van der Waals surface area (Å²) in [7, 11) is 0. The number of fused-ring (bicyclic) bond motifs is 3. The van der Waals surface area contributed by atoms with E-state index < -0.39 is 10.8 Å². The Kier molecular flexibility index (Phi) is 4.41. The van der Waals surface area contributed by atoms with Crippen LogP contribution in [0.4, 0.5) is 11.4 Å². The molecule has 0 bridgehead atoms. The maximum atomic E-state index is 12.7. The molecule has 1 heterocycles. The molecule has 1 aromatic heterocycles. The Morgan fingerprint density at radius 2 is 1.74 bits per heavy atom. The molecule has 0 radical (unpaired) electrons. The van der Waals surface area contributed by atoms with Gasteiger partial charge in [-0.3, -0.25) is 14.9 Å². The van der Waals surface area contributed by atoms with Crippen LogP contribution >= 0.6 is 0 Å². The third-order valence-corrected chi connectivity index (χ3v) is 5.00. The summed E-state index contributed by atoms with van der Waals surface area (Å²) in [5.74, 6) is -0.0843. The van der Waals surface area contributed by atoms with Gasteiger partial charge in [-0.05, 0) is 29.7 Å². The van der Waals surface area contributed by atoms with Gasteiger partial charge in [0.2, 0.25) is 5.89 Å². The molecule has 0 unspecified atom stereocenters. The Labute approximate surface area is 176 Å². The van der Waals surface area contributed by atoms with Crippen molar-refractivity contribution in [2.75, 3.05) is 5.32 Å². The first-order valence-electron chi connectivity index (χ1n) is 9.54. The second-order valence-corrected chi connectivity index (χ2v) is 6.96. The maximum Gasteiger partial charge on any atom is 0.270 e. The van der Waals surface area contributed by atoms with E-state index in [1.807, 2.05) is 42.5 Å². The topological polar surface area (TPSA) is 98.3 Å². The number of nitro groups is 1. The van der Waals surface area contributed by atoms with Crippen LogP contribution in [0.3, 0.4) is 0 Å². The molecular weight excluding hydrogens is 394 g/mol. The lowest BCUT2D eigenvalue weighted by molar-refractivity contribution is -0.384. The van der Waals surface area contributed by atoms with Gasteiger partial charge in [-0.1, -0.05) is 48.5 Å². The highest BCUT2D eigenvalue weighted by Crippen LogP contribution is 2.33. The van der Waals surface area contributed by atoms with Crippen LogP contribution in [0.1, 0.15) is 10.4 Å². The first-order valence-corrected chi connectivity index (χ1v) is 9.54. The Morgan fingerprint density at radius 3 is 2.61 bits per heavy atom. The Morgan fingerprint density at radius 1 is 0.935 bits per heavy atom. The summed E-state index contributed by atoms with van der Waals surface area (Å²) in [6.07, 6.45) is 0. The lowest BCUT2D eigenvalue weighted by atomic mass is 10.1. The van der Waals surface area contributed by atoms with Gasteiger partial charge in [0.15, 0.2) is 5.58 Å². The smallest absolute Gasteiger partial charge is 0.270 e. The van der Waals surface area contributed by atoms with E-state index in [1.165, 1.54) is 24.3 Å². The van der Waals surface area contributed by atoms with Gasteiger partial charge in [-0.25, -0.2) is 4.98 Å². The third kappa shape index (κ3) is 3.38. The monoisotopic (exact) mass is 409 g/mol. The van der Waals surface area contributed by atoms with Crippen molar-refractivity contribution in [2.45, 2.75) is 0 Å². The molecule has 5 rings (SSSR count). The fourth-order valence-electron chi connectivity index (χ4n) is 3.50. The fraction of sp³-hybridized carbons (Fsp3) is 0. The van der Waals surface area contributed by atoms with Crippen LogP contribution in [0, 0.1) is 10.1 Å². The summed E-state index contributed by atoms with van der Waals surface area (Å²) in [6.45, 7) is 0. The molecule has 0 saturated carbocycles. The number of carbonyl (C=O) groups is 1. The van der Waals surface area contributed by atoms with Crippen molar-refractivity contribution < 1.29 is 14.1 Å². The zero-order chi connectivity index (χ0) is 21.4. The van der Waals surface area contributed by atoms with Crippen molar-refractivity contribution in [2.24, 2.45) is 0 Å². The minimum atomic E-state index is -0.534. The molecule has 0 saturated heterocycles. The Bertz CT molecular complexity index is 1470. The number of aromatic nitrogens is 1. The minimum absolute atomic E-state index is 0.147. The molecular formula is C24H15N3O4. The number of rotatable bonds is 4. The van der Waals surface area contributed by atoms with Crippen LogP contribution in [0.2, 0.25) is 0 Å². The van der Waals surface area contributed by atoms with Gasteiger partial charge in [0.1, 0.15) is 5.52 Å². The molecule has 150 valence electrons. The number of nitro benzene ring substituents is 1. The molecule has 5 aromatic rings. The number of para-hydroxylation sites is 1. The van der Waals surface area contributed by atoms with Gasteiger partial charge >= 0.3 is 0 Å². The third-order valence-electron chi connectivity index (χ3n) is 5.00. The van der Waals surface area contributed by atoms with Crippen molar-refractivity contribution >= 4 is 39.2 Å². The number of benzene rings is 4. The summed E-state index contributed by atoms with van der Waals surface area (Å²) in [6, 6.07) is 24.5. The van der Waals surface area contributed by atoms with Crippen LogP contribution in [0.25, 0.3) is 33.3 Å². The van der Waals surface area contributed by atoms with Crippen molar-refractivity contribution in [1.82, 2.24) is 4.98 Å². The number of hydrogen-bond acceptors (Lipinski definition) is 5. The lowest BCUT2D eigenvalue weighted by Gasteiger charge is -2.09. The Balaban J connectivity index is 1.54. The van der Waals surface area contributed by atoms with Crippen molar-refractivity contribution in [3.05, 3.63) is 101 Å². The van der Waals surface area contributed by atoms with Crippen molar-refractivity contribution in [3.63, 3.8) is 0 Å². The highest BCUT2D eigenvalue weighted by atomic mass is 16.6. The predicted molar refractivity (Wildman–Crippen MR) is 118 cm³/mol. The molecule has 0 aliphatic rings. The number of non-ortho nitro benzene ring substituents is 1. The highest BCUT2D eigenvalue weighted by molar-refractivity contribution is 6.07. The van der Waals surface area contributed by atoms with Gasteiger partial charge in [-0.2, -0.15) is 0 Å². The van der Waals surface area contributed by atoms with Crippen LogP contribution in [0.15, 0.2) is 89.3 Å². The predicted octanol–water partition coefficient (Wildman–Crippen LogP) is 5.81. The number of anilines is 1. The molecule has 0 aliphatic carbocycles. The van der Waals surface area contributed by atoms with Crippen molar-refractivity contribution in [1.29, 1.82) is 0 Å². The second kappa shape index (κ2) is 7.38. The van der Waals surface area contributed by atoms with E-state index in [9.17, 15) is 14.9 Å². The summed E-state index contributed by atoms with van der Waals surface area (Å²) >= 11 is 0. The summed E-state index contributed by atoms with van der Waals surface area (Å²) in [5.41, 5.74) is 2.54. The number of carbonyl (C=O) groups excluding carboxylic acids is 1. The molecule has 7 nitrogen and oxygen atoms in total. The van der Waals surface area contributed by atoms with Crippen LogP contribution in [0.5, 0.6) is 0 Å². The van der Waals surface area contributed by atoms with Crippen molar-refractivity contribution in [3.8, 4) is 11.5 Å². The molecule has 4 aromatic carbocycles. The standard InChI is InChI=1S/C24H15N3O4/c28-23(16-7-5-8-17(14-16)27(29)30)25-20-11-4-3-10-19(20)24-26-21-13-12-15-6-1-2-9-18(15)22(21)31-24/h1-14H,(H,25,28). The Hall–Kier alpha value is -4.52. The summed E-state index contributed by atoms with van der Waals surface area (Å²) < 4.78 is 6.09. The largest absolute Gasteiger partial charge is 0.435 e. The molecule has 1 amide bonds. The molecule has 0 atom stereocenters. The highest BCUT2D eigenvalue weighted by Gasteiger charge is 2.17. The van der Waals surface area contributed by atoms with Crippen LogP contribution in [-0.4, -0.2) is 15.8 Å². The van der Waals surface area contributed by atoms with Crippen LogP contribution < -0.4 is 5.32 Å². The van der Waals surface area contributed by atoms with E-state index in [1.54, 1.807) is 18.2 Å². The lowest BCUT2D eigenvalue weighted by Crippen LogP contribution is -2.12. The number of amides is 1. The van der Waals surface area contributed by atoms with E-state index >= 15 is 0 Å². The van der Waals surface area contributed by atoms with Gasteiger partial charge in [-0.15, -0.1) is 0 Å². The van der Waals surface area contributed by atoms with E-state index in [4.69, 9.17) is 4.42 Å². The SMILES string of the molecule is O=C(Nc1ccccc1-c1nc2ccc3ccccc3c2o1)c1cccc([N+](=O)[O-])c1. The molecule has 0 aliphatic heterocycles. The number of nitrogens with zero attached hydrogens (tertiary/aromatic N) is 2. The zero-order valence-electron chi connectivity index (χ0n) is 16.1. The van der Waals surface area contributed by atoms with Gasteiger partial charge < -0.3 is 9.73 Å². The van der Waals surface area contributed by atoms with Gasteiger partial charge in [0.25, 0.3) is 11.6 Å². The molecule has 0 spiro atoms. The van der Waals surface area contributed by atoms with E-state index in [-0.39, 0.29) is 11.3 Å². The van der Waals surface area contributed by atoms with E-state index in [0.717, 1.165) is 10.8 Å². The number of oxazole rings is 1. The molecule has 1 N–H and O–H groups in total. The molecule has 31 heavy (non-hydrogen) atoms. The van der Waals surface area contributed by atoms with E-state index in [0.29, 0.717) is 28.2 Å². The first-order chi connectivity index (χ1) is 15.1. The van der Waals surface area contributed by atoms with Gasteiger partial charge in [0.05, 0.1) is 16.2 Å². The minimum Gasteiger partial charge on any atom is -0.435 e. The average molecular weight is 409 g/mol. The summed E-state index contributed by atoms with van der Waals surface area (Å²) in [4.78, 5) is 27.8. The second-order valence-electron chi connectivity index (χ2n) is 6.96. The van der Waals surface area contributed by atoms with Crippen LogP contribution in [-0.2, 0) is 0 Å². The number of nitrogens with one attached hydrogen (secondary N) is 1. The molecule has 0 fully saturated rings.